The van der Waals surface area contributed by atoms with Gasteiger partial charge in [-0.3, -0.25) is 14.6 Å². The van der Waals surface area contributed by atoms with Gasteiger partial charge < -0.3 is 4.90 Å². The van der Waals surface area contributed by atoms with Gasteiger partial charge in [0, 0.05) is 33.7 Å². The molecule has 4 heteroatoms. The molecule has 0 aromatic rings. The summed E-state index contributed by atoms with van der Waals surface area (Å²) in [5.41, 5.74) is 0. The maximum Gasteiger partial charge on any atom is 0.236 e. The molecule has 16 heavy (non-hydrogen) atoms. The van der Waals surface area contributed by atoms with Crippen LogP contribution >= 0.6 is 0 Å². The Hall–Kier alpha value is -0.870. The van der Waals surface area contributed by atoms with Gasteiger partial charge in [0.2, 0.25) is 5.91 Å². The van der Waals surface area contributed by atoms with Gasteiger partial charge in [-0.05, 0) is 19.5 Å². The van der Waals surface area contributed by atoms with Crippen LogP contribution in [0, 0.1) is 0 Å². The topological polar surface area (TPSA) is 26.8 Å². The molecule has 1 heterocycles. The van der Waals surface area contributed by atoms with Crippen molar-refractivity contribution in [1.82, 2.24) is 14.7 Å². The molecule has 1 fully saturated rings. The minimum atomic E-state index is 0.192. The van der Waals surface area contributed by atoms with Gasteiger partial charge in [0.25, 0.3) is 0 Å². The molecular formula is C12H23N3O. The zero-order valence-electron chi connectivity index (χ0n) is 10.5. The summed E-state index contributed by atoms with van der Waals surface area (Å²) in [7, 11) is 3.62. The number of hydrogen-bond acceptors (Lipinski definition) is 3. The molecule has 1 saturated heterocycles. The Labute approximate surface area is 98.5 Å². The quantitative estimate of drug-likeness (QED) is 0.643. The molecule has 0 saturated carbocycles. The number of likely N-dealkylation sites (N-methyl/N-ethyl adjacent to an activating group) is 1. The number of nitrogens with zero attached hydrogens (tertiary/aromatic N) is 3. The Bertz CT molecular complexity index is 240. The lowest BCUT2D eigenvalue weighted by Crippen LogP contribution is -2.38. The summed E-state index contributed by atoms with van der Waals surface area (Å²) in [5.74, 6) is 0.192. The molecule has 0 aromatic heterocycles. The Morgan fingerprint density at radius 3 is 2.50 bits per heavy atom. The van der Waals surface area contributed by atoms with Crippen LogP contribution in [0.25, 0.3) is 0 Å². The summed E-state index contributed by atoms with van der Waals surface area (Å²) in [6.45, 7) is 9.41. The van der Waals surface area contributed by atoms with Crippen molar-refractivity contribution in [3.05, 3.63) is 12.7 Å². The van der Waals surface area contributed by atoms with Gasteiger partial charge in [0.05, 0.1) is 6.54 Å². The second-order valence-electron chi connectivity index (χ2n) is 4.51. The van der Waals surface area contributed by atoms with Crippen molar-refractivity contribution >= 4 is 5.91 Å². The molecule has 1 rings (SSSR count). The summed E-state index contributed by atoms with van der Waals surface area (Å²) >= 11 is 0. The third kappa shape index (κ3) is 4.33. The fourth-order valence-corrected chi connectivity index (χ4v) is 1.88. The lowest BCUT2D eigenvalue weighted by Gasteiger charge is -2.22. The van der Waals surface area contributed by atoms with Crippen LogP contribution in [0.5, 0.6) is 0 Å². The summed E-state index contributed by atoms with van der Waals surface area (Å²) in [4.78, 5) is 17.9. The van der Waals surface area contributed by atoms with Crippen LogP contribution in [-0.4, -0.2) is 74.0 Å². The predicted molar refractivity (Wildman–Crippen MR) is 66.4 cm³/mol. The second-order valence-corrected chi connectivity index (χ2v) is 4.51. The smallest absolute Gasteiger partial charge is 0.236 e. The Kier molecular flexibility index (Phi) is 5.49. The largest absolute Gasteiger partial charge is 0.348 e. The zero-order valence-corrected chi connectivity index (χ0v) is 10.5. The highest BCUT2D eigenvalue weighted by molar-refractivity contribution is 5.77. The van der Waals surface area contributed by atoms with Crippen molar-refractivity contribution in [1.29, 1.82) is 0 Å². The van der Waals surface area contributed by atoms with Crippen LogP contribution in [-0.2, 0) is 4.79 Å². The maximum atomic E-state index is 11.6. The number of hydrogen-bond donors (Lipinski definition) is 0. The molecule has 0 N–H and O–H groups in total. The van der Waals surface area contributed by atoms with Crippen LogP contribution < -0.4 is 0 Å². The predicted octanol–water partition coefficient (Wildman–Crippen LogP) is 0.268. The van der Waals surface area contributed by atoms with Crippen molar-refractivity contribution in [2.75, 3.05) is 53.4 Å². The monoisotopic (exact) mass is 225 g/mol. The van der Waals surface area contributed by atoms with E-state index in [0.29, 0.717) is 6.54 Å². The third-order valence-electron chi connectivity index (χ3n) is 2.93. The molecule has 0 bridgehead atoms. The van der Waals surface area contributed by atoms with Crippen LogP contribution in [0.2, 0.25) is 0 Å². The molecule has 0 aliphatic carbocycles. The number of carbonyl (C=O) groups excluding carboxylic acids is 1. The van der Waals surface area contributed by atoms with Crippen molar-refractivity contribution < 1.29 is 4.79 Å². The van der Waals surface area contributed by atoms with E-state index in [1.54, 1.807) is 4.90 Å². The van der Waals surface area contributed by atoms with Crippen molar-refractivity contribution in [2.45, 2.75) is 6.42 Å². The highest BCUT2D eigenvalue weighted by Crippen LogP contribution is 2.03. The van der Waals surface area contributed by atoms with E-state index in [-0.39, 0.29) is 5.91 Å². The lowest BCUT2D eigenvalue weighted by atomic mass is 10.3. The summed E-state index contributed by atoms with van der Waals surface area (Å²) in [5, 5.41) is 0. The SMILES string of the molecule is C=CCN1CCCN(CC(=O)N(C)C)CC1. The molecule has 0 atom stereocenters. The normalized spacial score (nSPS) is 19.1. The van der Waals surface area contributed by atoms with E-state index in [9.17, 15) is 4.79 Å². The number of rotatable bonds is 4. The zero-order chi connectivity index (χ0) is 12.0. The second kappa shape index (κ2) is 6.66. The lowest BCUT2D eigenvalue weighted by molar-refractivity contribution is -0.129. The molecule has 1 aliphatic rings. The van der Waals surface area contributed by atoms with Gasteiger partial charge in [0.15, 0.2) is 0 Å². The van der Waals surface area contributed by atoms with Gasteiger partial charge >= 0.3 is 0 Å². The van der Waals surface area contributed by atoms with Crippen LogP contribution in [0.3, 0.4) is 0 Å². The van der Waals surface area contributed by atoms with Gasteiger partial charge in [-0.25, -0.2) is 0 Å². The van der Waals surface area contributed by atoms with E-state index in [1.807, 2.05) is 20.2 Å². The summed E-state index contributed by atoms with van der Waals surface area (Å²) in [6.07, 6.45) is 3.08. The summed E-state index contributed by atoms with van der Waals surface area (Å²) < 4.78 is 0. The first-order valence-corrected chi connectivity index (χ1v) is 5.89. The van der Waals surface area contributed by atoms with E-state index < -0.39 is 0 Å². The van der Waals surface area contributed by atoms with Gasteiger partial charge in [-0.1, -0.05) is 6.08 Å². The molecule has 0 radical (unpaired) electrons. The summed E-state index contributed by atoms with van der Waals surface area (Å²) in [6, 6.07) is 0. The number of carbonyl (C=O) groups is 1. The van der Waals surface area contributed by atoms with Gasteiger partial charge in [-0.15, -0.1) is 6.58 Å². The minimum absolute atomic E-state index is 0.192. The molecule has 1 aliphatic heterocycles. The van der Waals surface area contributed by atoms with Crippen molar-refractivity contribution in [3.8, 4) is 0 Å². The first-order chi connectivity index (χ1) is 7.63. The highest BCUT2D eigenvalue weighted by Gasteiger charge is 2.16. The van der Waals surface area contributed by atoms with Crippen LogP contribution in [0.4, 0.5) is 0 Å². The molecule has 92 valence electrons. The van der Waals surface area contributed by atoms with E-state index in [0.717, 1.165) is 39.1 Å². The average molecular weight is 225 g/mol. The fraction of sp³-hybridized carbons (Fsp3) is 0.750. The maximum absolute atomic E-state index is 11.6. The molecule has 4 nitrogen and oxygen atoms in total. The van der Waals surface area contributed by atoms with E-state index in [2.05, 4.69) is 16.4 Å². The fourth-order valence-electron chi connectivity index (χ4n) is 1.88. The van der Waals surface area contributed by atoms with E-state index >= 15 is 0 Å². The van der Waals surface area contributed by atoms with Crippen molar-refractivity contribution in [3.63, 3.8) is 0 Å². The van der Waals surface area contributed by atoms with Crippen LogP contribution in [0.15, 0.2) is 12.7 Å². The Morgan fingerprint density at radius 1 is 1.25 bits per heavy atom. The molecular weight excluding hydrogens is 202 g/mol. The van der Waals surface area contributed by atoms with Gasteiger partial charge in [0.1, 0.15) is 0 Å². The first-order valence-electron chi connectivity index (χ1n) is 5.89. The standard InChI is InChI=1S/C12H23N3O/c1-4-6-14-7-5-8-15(10-9-14)11-12(16)13(2)3/h4H,1,5-11H2,2-3H3. The molecule has 0 unspecified atom stereocenters. The first kappa shape index (κ1) is 13.2. The van der Waals surface area contributed by atoms with Crippen molar-refractivity contribution in [2.24, 2.45) is 0 Å². The minimum Gasteiger partial charge on any atom is -0.348 e. The molecule has 0 spiro atoms. The Morgan fingerprint density at radius 2 is 1.88 bits per heavy atom. The van der Waals surface area contributed by atoms with Gasteiger partial charge in [-0.2, -0.15) is 0 Å². The van der Waals surface area contributed by atoms with E-state index in [1.165, 1.54) is 0 Å². The average Bonchev–Trinajstić information content (AvgIpc) is 2.44. The Balaban J connectivity index is 2.35. The highest BCUT2D eigenvalue weighted by atomic mass is 16.2. The third-order valence-corrected chi connectivity index (χ3v) is 2.93. The van der Waals surface area contributed by atoms with Crippen LogP contribution in [0.1, 0.15) is 6.42 Å². The molecule has 1 amide bonds. The number of amides is 1. The van der Waals surface area contributed by atoms with E-state index in [4.69, 9.17) is 0 Å². The molecule has 0 aromatic carbocycles.